The fourth-order valence-electron chi connectivity index (χ4n) is 1.42. The molecule has 1 heterocycles. The van der Waals surface area contributed by atoms with E-state index in [1.54, 1.807) is 10.9 Å². The van der Waals surface area contributed by atoms with E-state index < -0.39 is 4.92 Å². The Hall–Kier alpha value is -2.08. The number of aromatic nitrogens is 2. The predicted molar refractivity (Wildman–Crippen MR) is 65.8 cm³/mol. The summed E-state index contributed by atoms with van der Waals surface area (Å²) in [5, 5.41) is 14.7. The molecule has 7 heteroatoms. The van der Waals surface area contributed by atoms with E-state index in [2.05, 4.69) is 5.10 Å². The van der Waals surface area contributed by atoms with E-state index >= 15 is 0 Å². The number of rotatable bonds is 5. The summed E-state index contributed by atoms with van der Waals surface area (Å²) in [4.78, 5) is 10.0. The number of nitrogens with zero attached hydrogens (tertiary/aromatic N) is 3. The van der Waals surface area contributed by atoms with Gasteiger partial charge in [-0.05, 0) is 12.1 Å². The molecule has 1 aromatic heterocycles. The van der Waals surface area contributed by atoms with Gasteiger partial charge < -0.3 is 4.74 Å². The second-order valence-corrected chi connectivity index (χ2v) is 3.90. The van der Waals surface area contributed by atoms with Crippen LogP contribution in [-0.2, 0) is 6.54 Å². The molecule has 0 saturated carbocycles. The third-order valence-corrected chi connectivity index (χ3v) is 2.57. The Balaban J connectivity index is 1.94. The summed E-state index contributed by atoms with van der Waals surface area (Å²) < 4.78 is 7.16. The number of halogens is 1. The second-order valence-electron chi connectivity index (χ2n) is 3.49. The van der Waals surface area contributed by atoms with Gasteiger partial charge in [0.05, 0.1) is 11.5 Å². The Morgan fingerprint density at radius 2 is 2.33 bits per heavy atom. The molecule has 0 spiro atoms. The average molecular weight is 268 g/mol. The van der Waals surface area contributed by atoms with Crippen molar-refractivity contribution in [3.8, 4) is 5.75 Å². The molecule has 6 nitrogen and oxygen atoms in total. The highest BCUT2D eigenvalue weighted by atomic mass is 35.5. The van der Waals surface area contributed by atoms with Crippen LogP contribution >= 0.6 is 11.6 Å². The highest BCUT2D eigenvalue weighted by Gasteiger charge is 2.12. The molecular weight excluding hydrogens is 258 g/mol. The van der Waals surface area contributed by atoms with Crippen molar-refractivity contribution < 1.29 is 9.66 Å². The van der Waals surface area contributed by atoms with E-state index in [1.165, 1.54) is 18.2 Å². The maximum Gasteiger partial charge on any atom is 0.288 e. The summed E-state index contributed by atoms with van der Waals surface area (Å²) in [7, 11) is 0. The highest BCUT2D eigenvalue weighted by Crippen LogP contribution is 2.28. The Labute approximate surface area is 108 Å². The minimum absolute atomic E-state index is 0.0663. The number of hydrogen-bond donors (Lipinski definition) is 0. The molecule has 0 N–H and O–H groups in total. The lowest BCUT2D eigenvalue weighted by molar-refractivity contribution is -0.384. The molecule has 0 amide bonds. The van der Waals surface area contributed by atoms with Crippen LogP contribution < -0.4 is 4.74 Å². The second kappa shape index (κ2) is 5.50. The van der Waals surface area contributed by atoms with Crippen LogP contribution in [0.2, 0.25) is 5.02 Å². The van der Waals surface area contributed by atoms with Crippen molar-refractivity contribution in [2.45, 2.75) is 6.54 Å². The SMILES string of the molecule is O=[N+]([O-])c1ccc(OCCn2cccn2)cc1Cl. The molecule has 18 heavy (non-hydrogen) atoms. The number of hydrogen-bond acceptors (Lipinski definition) is 4. The Morgan fingerprint density at radius 1 is 1.50 bits per heavy atom. The van der Waals surface area contributed by atoms with E-state index in [1.807, 2.05) is 12.3 Å². The number of nitro groups is 1. The minimum atomic E-state index is -0.532. The number of nitro benzene ring substituents is 1. The van der Waals surface area contributed by atoms with E-state index in [-0.39, 0.29) is 10.7 Å². The molecule has 94 valence electrons. The normalized spacial score (nSPS) is 10.3. The first-order valence-corrected chi connectivity index (χ1v) is 5.59. The van der Waals surface area contributed by atoms with Gasteiger partial charge in [0.2, 0.25) is 0 Å². The van der Waals surface area contributed by atoms with Gasteiger partial charge in [-0.3, -0.25) is 14.8 Å². The Kier molecular flexibility index (Phi) is 3.78. The van der Waals surface area contributed by atoms with Crippen LogP contribution in [0.25, 0.3) is 0 Å². The van der Waals surface area contributed by atoms with E-state index in [9.17, 15) is 10.1 Å². The summed E-state index contributed by atoms with van der Waals surface area (Å²) in [5.74, 6) is 0.498. The van der Waals surface area contributed by atoms with Crippen LogP contribution in [0.1, 0.15) is 0 Å². The summed E-state index contributed by atoms with van der Waals surface area (Å²) in [5.41, 5.74) is -0.129. The zero-order chi connectivity index (χ0) is 13.0. The van der Waals surface area contributed by atoms with Gasteiger partial charge in [-0.15, -0.1) is 0 Å². The van der Waals surface area contributed by atoms with E-state index in [0.29, 0.717) is 18.9 Å². The quantitative estimate of drug-likeness (QED) is 0.616. The Morgan fingerprint density at radius 3 is 2.94 bits per heavy atom. The number of ether oxygens (including phenoxy) is 1. The van der Waals surface area contributed by atoms with Gasteiger partial charge >= 0.3 is 0 Å². The molecule has 0 atom stereocenters. The third kappa shape index (κ3) is 2.98. The monoisotopic (exact) mass is 267 g/mol. The first-order valence-electron chi connectivity index (χ1n) is 5.21. The molecule has 0 unspecified atom stereocenters. The van der Waals surface area contributed by atoms with Gasteiger partial charge in [0, 0.05) is 24.5 Å². The average Bonchev–Trinajstić information content (AvgIpc) is 2.81. The van der Waals surface area contributed by atoms with Crippen molar-refractivity contribution in [3.63, 3.8) is 0 Å². The zero-order valence-corrected chi connectivity index (χ0v) is 10.1. The highest BCUT2D eigenvalue weighted by molar-refractivity contribution is 6.32. The molecule has 0 aliphatic heterocycles. The van der Waals surface area contributed by atoms with Gasteiger partial charge in [0.1, 0.15) is 17.4 Å². The lowest BCUT2D eigenvalue weighted by Gasteiger charge is -2.06. The van der Waals surface area contributed by atoms with Crippen molar-refractivity contribution in [2.24, 2.45) is 0 Å². The largest absolute Gasteiger partial charge is 0.492 e. The molecule has 0 fully saturated rings. The fourth-order valence-corrected chi connectivity index (χ4v) is 1.65. The van der Waals surface area contributed by atoms with Crippen LogP contribution in [0.3, 0.4) is 0 Å². The zero-order valence-electron chi connectivity index (χ0n) is 9.32. The van der Waals surface area contributed by atoms with Crippen molar-refractivity contribution in [2.75, 3.05) is 6.61 Å². The summed E-state index contributed by atoms with van der Waals surface area (Å²) in [6, 6.07) is 6.10. The van der Waals surface area contributed by atoms with Crippen LogP contribution in [0.4, 0.5) is 5.69 Å². The smallest absolute Gasteiger partial charge is 0.288 e. The molecule has 2 aromatic rings. The van der Waals surface area contributed by atoms with Gasteiger partial charge in [-0.1, -0.05) is 11.6 Å². The molecule has 0 aliphatic carbocycles. The lowest BCUT2D eigenvalue weighted by atomic mass is 10.3. The predicted octanol–water partition coefficient (Wildman–Crippen LogP) is 2.52. The first kappa shape index (κ1) is 12.4. The van der Waals surface area contributed by atoms with Crippen LogP contribution in [0.5, 0.6) is 5.75 Å². The summed E-state index contributed by atoms with van der Waals surface area (Å²) in [6.07, 6.45) is 3.51. The minimum Gasteiger partial charge on any atom is -0.492 e. The standard InChI is InChI=1S/C11H10ClN3O3/c12-10-8-9(2-3-11(10)15(16)17)18-7-6-14-5-1-4-13-14/h1-5,8H,6-7H2. The topological polar surface area (TPSA) is 70.2 Å². The van der Waals surface area contributed by atoms with Gasteiger partial charge in [0.15, 0.2) is 0 Å². The fraction of sp³-hybridized carbons (Fsp3) is 0.182. The van der Waals surface area contributed by atoms with Crippen molar-refractivity contribution in [1.29, 1.82) is 0 Å². The molecular formula is C11H10ClN3O3. The number of benzene rings is 1. The molecule has 0 saturated heterocycles. The van der Waals surface area contributed by atoms with Crippen molar-refractivity contribution in [1.82, 2.24) is 9.78 Å². The van der Waals surface area contributed by atoms with E-state index in [4.69, 9.17) is 16.3 Å². The maximum atomic E-state index is 10.6. The summed E-state index contributed by atoms with van der Waals surface area (Å²) in [6.45, 7) is 1.01. The van der Waals surface area contributed by atoms with E-state index in [0.717, 1.165) is 0 Å². The lowest BCUT2D eigenvalue weighted by Crippen LogP contribution is -2.08. The maximum absolute atomic E-state index is 10.6. The molecule has 0 aliphatic rings. The molecule has 2 rings (SSSR count). The van der Waals surface area contributed by atoms with Crippen LogP contribution in [0, 0.1) is 10.1 Å². The molecule has 0 radical (unpaired) electrons. The first-order chi connectivity index (χ1) is 8.66. The summed E-state index contributed by atoms with van der Waals surface area (Å²) >= 11 is 5.76. The third-order valence-electron chi connectivity index (χ3n) is 2.26. The van der Waals surface area contributed by atoms with Gasteiger partial charge in [0.25, 0.3) is 5.69 Å². The van der Waals surface area contributed by atoms with Crippen LogP contribution in [-0.4, -0.2) is 21.3 Å². The van der Waals surface area contributed by atoms with Crippen molar-refractivity contribution in [3.05, 3.63) is 51.8 Å². The molecule has 1 aromatic carbocycles. The van der Waals surface area contributed by atoms with Gasteiger partial charge in [-0.25, -0.2) is 0 Å². The van der Waals surface area contributed by atoms with Gasteiger partial charge in [-0.2, -0.15) is 5.10 Å². The van der Waals surface area contributed by atoms with Crippen LogP contribution in [0.15, 0.2) is 36.7 Å². The van der Waals surface area contributed by atoms with Crippen molar-refractivity contribution >= 4 is 17.3 Å². The Bertz CT molecular complexity index is 542. The molecule has 0 bridgehead atoms.